The summed E-state index contributed by atoms with van der Waals surface area (Å²) in [4.78, 5) is 27.1. The highest BCUT2D eigenvalue weighted by Crippen LogP contribution is 2.21. The predicted molar refractivity (Wildman–Crippen MR) is 115 cm³/mol. The number of hydrogen-bond acceptors (Lipinski definition) is 7. The van der Waals surface area contributed by atoms with Gasteiger partial charge in [0.25, 0.3) is 11.1 Å². The molecular formula is C19H35ClN4O3S. The van der Waals surface area contributed by atoms with Crippen molar-refractivity contribution < 1.29 is 14.0 Å². The molecule has 0 aliphatic heterocycles. The van der Waals surface area contributed by atoms with Gasteiger partial charge in [0, 0.05) is 18.7 Å². The van der Waals surface area contributed by atoms with Crippen molar-refractivity contribution in [2.24, 2.45) is 11.3 Å². The van der Waals surface area contributed by atoms with Crippen molar-refractivity contribution in [2.45, 2.75) is 65.1 Å². The first-order chi connectivity index (χ1) is 12.5. The Morgan fingerprint density at radius 3 is 2.39 bits per heavy atom. The largest absolute Gasteiger partial charge is 0.408 e. The van der Waals surface area contributed by atoms with Crippen LogP contribution in [0.2, 0.25) is 0 Å². The Morgan fingerprint density at radius 2 is 1.86 bits per heavy atom. The number of amides is 1. The van der Waals surface area contributed by atoms with Crippen LogP contribution in [0.15, 0.2) is 9.64 Å². The molecule has 1 rings (SSSR count). The molecule has 1 unspecified atom stereocenters. The molecule has 1 aromatic rings. The molecule has 0 aliphatic carbocycles. The van der Waals surface area contributed by atoms with E-state index in [1.54, 1.807) is 0 Å². The summed E-state index contributed by atoms with van der Waals surface area (Å²) in [5.41, 5.74) is 0.0695. The van der Waals surface area contributed by atoms with Crippen LogP contribution in [-0.4, -0.2) is 59.2 Å². The van der Waals surface area contributed by atoms with E-state index in [-0.39, 0.29) is 41.3 Å². The van der Waals surface area contributed by atoms with Crippen molar-refractivity contribution in [3.63, 3.8) is 0 Å². The quantitative estimate of drug-likeness (QED) is 0.419. The Hall–Kier alpha value is -1.12. The number of carbonyl (C=O) groups excluding carboxylic acids is 2. The number of aromatic nitrogens is 2. The molecule has 0 aliphatic rings. The lowest BCUT2D eigenvalue weighted by Crippen LogP contribution is -2.42. The van der Waals surface area contributed by atoms with Crippen molar-refractivity contribution >= 4 is 35.9 Å². The van der Waals surface area contributed by atoms with Gasteiger partial charge < -0.3 is 14.6 Å². The van der Waals surface area contributed by atoms with Gasteiger partial charge in [0.05, 0.1) is 6.04 Å². The van der Waals surface area contributed by atoms with Crippen LogP contribution in [0.5, 0.6) is 0 Å². The van der Waals surface area contributed by atoms with E-state index in [2.05, 4.69) is 41.2 Å². The summed E-state index contributed by atoms with van der Waals surface area (Å²) in [6.07, 6.45) is 1.68. The smallest absolute Gasteiger partial charge is 0.286 e. The molecule has 0 spiro atoms. The molecule has 1 aromatic heterocycles. The van der Waals surface area contributed by atoms with E-state index < -0.39 is 6.04 Å². The van der Waals surface area contributed by atoms with Gasteiger partial charge in [-0.05, 0) is 38.3 Å². The Morgan fingerprint density at radius 1 is 1.21 bits per heavy atom. The summed E-state index contributed by atoms with van der Waals surface area (Å²) in [6, 6.07) is -0.641. The molecule has 0 saturated carbocycles. The monoisotopic (exact) mass is 434 g/mol. The number of Topliss-reactive ketones (excluding diaryl/α,β-unsaturated/α-hetero) is 1. The fourth-order valence-electron chi connectivity index (χ4n) is 2.29. The molecule has 1 atom stereocenters. The van der Waals surface area contributed by atoms with Gasteiger partial charge in [0.2, 0.25) is 11.7 Å². The number of ketones is 1. The first kappa shape index (κ1) is 26.9. The van der Waals surface area contributed by atoms with E-state index in [1.807, 2.05) is 27.9 Å². The Kier molecular flexibility index (Phi) is 11.9. The fourth-order valence-corrected chi connectivity index (χ4v) is 3.16. The van der Waals surface area contributed by atoms with Crippen LogP contribution < -0.4 is 5.32 Å². The van der Waals surface area contributed by atoms with Gasteiger partial charge in [-0.25, -0.2) is 0 Å². The van der Waals surface area contributed by atoms with E-state index in [1.165, 1.54) is 11.8 Å². The molecule has 0 saturated heterocycles. The van der Waals surface area contributed by atoms with Gasteiger partial charge in [0.1, 0.15) is 0 Å². The average Bonchev–Trinajstić information content (AvgIpc) is 2.99. The number of nitrogens with one attached hydrogen (secondary N) is 1. The van der Waals surface area contributed by atoms with Crippen molar-refractivity contribution in [2.75, 3.05) is 26.4 Å². The second-order valence-corrected chi connectivity index (χ2v) is 9.75. The molecule has 0 bridgehead atoms. The van der Waals surface area contributed by atoms with Gasteiger partial charge in [-0.3, -0.25) is 9.59 Å². The second kappa shape index (κ2) is 12.4. The first-order valence-corrected chi connectivity index (χ1v) is 10.4. The number of hydrogen-bond donors (Lipinski definition) is 1. The minimum atomic E-state index is -0.641. The van der Waals surface area contributed by atoms with Gasteiger partial charge in [-0.15, -0.1) is 22.6 Å². The third kappa shape index (κ3) is 11.0. The summed E-state index contributed by atoms with van der Waals surface area (Å²) in [6.45, 7) is 11.2. The van der Waals surface area contributed by atoms with Crippen LogP contribution in [-0.2, 0) is 4.79 Å². The second-order valence-electron chi connectivity index (χ2n) is 8.70. The molecule has 1 amide bonds. The molecule has 0 aromatic carbocycles. The van der Waals surface area contributed by atoms with E-state index >= 15 is 0 Å². The summed E-state index contributed by atoms with van der Waals surface area (Å²) >= 11 is 1.42. The lowest BCUT2D eigenvalue weighted by atomic mass is 9.90. The van der Waals surface area contributed by atoms with E-state index in [0.717, 1.165) is 18.7 Å². The van der Waals surface area contributed by atoms with Crippen molar-refractivity contribution in [3.8, 4) is 0 Å². The number of carbonyl (C=O) groups is 2. The summed E-state index contributed by atoms with van der Waals surface area (Å²) in [5, 5.41) is 11.1. The van der Waals surface area contributed by atoms with Gasteiger partial charge >= 0.3 is 0 Å². The number of halogens is 1. The summed E-state index contributed by atoms with van der Waals surface area (Å²) in [5.74, 6) is 0.563. The number of nitrogens with zero attached hydrogens (tertiary/aromatic N) is 3. The van der Waals surface area contributed by atoms with Crippen molar-refractivity contribution in [1.82, 2.24) is 20.4 Å². The average molecular weight is 435 g/mol. The molecule has 9 heteroatoms. The Balaban J connectivity index is 0.00000729. The number of rotatable bonds is 11. The highest BCUT2D eigenvalue weighted by molar-refractivity contribution is 7.99. The van der Waals surface area contributed by atoms with Crippen LogP contribution >= 0.6 is 24.2 Å². The normalized spacial score (nSPS) is 12.8. The van der Waals surface area contributed by atoms with Crippen LogP contribution in [0.3, 0.4) is 0 Å². The fraction of sp³-hybridized carbons (Fsp3) is 0.789. The van der Waals surface area contributed by atoms with Crippen LogP contribution in [0.4, 0.5) is 0 Å². The minimum Gasteiger partial charge on any atom is -0.408 e. The molecule has 0 fully saturated rings. The first-order valence-electron chi connectivity index (χ1n) is 9.42. The lowest BCUT2D eigenvalue weighted by Gasteiger charge is -2.20. The van der Waals surface area contributed by atoms with Gasteiger partial charge in [-0.2, -0.15) is 0 Å². The summed E-state index contributed by atoms with van der Waals surface area (Å²) in [7, 11) is 3.98. The van der Waals surface area contributed by atoms with Crippen molar-refractivity contribution in [1.29, 1.82) is 0 Å². The number of thioether (sulfide) groups is 1. The zero-order valence-electron chi connectivity index (χ0n) is 18.1. The zero-order valence-corrected chi connectivity index (χ0v) is 19.7. The van der Waals surface area contributed by atoms with Crippen LogP contribution in [0.1, 0.15) is 64.6 Å². The highest BCUT2D eigenvalue weighted by Gasteiger charge is 2.28. The molecule has 0 radical (unpaired) electrons. The van der Waals surface area contributed by atoms with Crippen LogP contribution in [0.25, 0.3) is 0 Å². The molecule has 28 heavy (non-hydrogen) atoms. The van der Waals surface area contributed by atoms with E-state index in [9.17, 15) is 9.59 Å². The Bertz CT molecular complexity index is 615. The Labute approximate surface area is 179 Å². The standard InChI is InChI=1S/C19H34N4O3S.ClH/c1-13(2)12-14(20-15(24)8-9-19(3,4)5)16(25)17-21-22-18(26-17)27-11-10-23(6)7;/h13-14H,8-12H2,1-7H3,(H,20,24);1H. The third-order valence-corrected chi connectivity index (χ3v) is 4.64. The lowest BCUT2D eigenvalue weighted by molar-refractivity contribution is -0.122. The predicted octanol–water partition coefficient (Wildman–Crippen LogP) is 3.69. The third-order valence-electron chi connectivity index (χ3n) is 3.84. The maximum absolute atomic E-state index is 12.8. The molecule has 1 heterocycles. The topological polar surface area (TPSA) is 88.3 Å². The van der Waals surface area contributed by atoms with Gasteiger partial charge in [-0.1, -0.05) is 46.4 Å². The minimum absolute atomic E-state index is 0. The SMILES string of the molecule is CC(C)CC(NC(=O)CCC(C)(C)C)C(=O)c1nnc(SCCN(C)C)o1.Cl. The van der Waals surface area contributed by atoms with E-state index in [0.29, 0.717) is 18.1 Å². The maximum atomic E-state index is 12.8. The molecule has 7 nitrogen and oxygen atoms in total. The van der Waals surface area contributed by atoms with Gasteiger partial charge in [0.15, 0.2) is 0 Å². The molecular weight excluding hydrogens is 400 g/mol. The van der Waals surface area contributed by atoms with Crippen molar-refractivity contribution in [3.05, 3.63) is 5.89 Å². The molecule has 162 valence electrons. The molecule has 1 N–H and O–H groups in total. The summed E-state index contributed by atoms with van der Waals surface area (Å²) < 4.78 is 5.51. The highest BCUT2D eigenvalue weighted by atomic mass is 35.5. The van der Waals surface area contributed by atoms with Crippen LogP contribution in [0, 0.1) is 11.3 Å². The van der Waals surface area contributed by atoms with E-state index in [4.69, 9.17) is 4.42 Å². The zero-order chi connectivity index (χ0) is 20.6. The maximum Gasteiger partial charge on any atom is 0.286 e.